The van der Waals surface area contributed by atoms with Gasteiger partial charge in [-0.1, -0.05) is 6.07 Å². The Labute approximate surface area is 145 Å². The van der Waals surface area contributed by atoms with Gasteiger partial charge < -0.3 is 14.8 Å². The highest BCUT2D eigenvalue weighted by Crippen LogP contribution is 2.24. The fourth-order valence-electron chi connectivity index (χ4n) is 2.19. The summed E-state index contributed by atoms with van der Waals surface area (Å²) < 4.78 is 38.5. The quantitative estimate of drug-likeness (QED) is 0.798. The van der Waals surface area contributed by atoms with Crippen molar-refractivity contribution in [3.05, 3.63) is 59.2 Å². The van der Waals surface area contributed by atoms with E-state index in [1.165, 1.54) is 12.1 Å². The zero-order chi connectivity index (χ0) is 18.4. The molecule has 0 saturated heterocycles. The molecular weight excluding hydrogens is 328 g/mol. The minimum Gasteiger partial charge on any atom is -0.494 e. The van der Waals surface area contributed by atoms with E-state index in [1.807, 2.05) is 20.8 Å². The van der Waals surface area contributed by atoms with Crippen molar-refractivity contribution in [3.8, 4) is 5.75 Å². The molecule has 134 valence electrons. The first kappa shape index (κ1) is 18.9. The van der Waals surface area contributed by atoms with Crippen LogP contribution in [0.5, 0.6) is 5.75 Å². The summed E-state index contributed by atoms with van der Waals surface area (Å²) in [6, 6.07) is 8.19. The Hall–Kier alpha value is -2.47. The van der Waals surface area contributed by atoms with E-state index in [0.29, 0.717) is 17.9 Å². The minimum atomic E-state index is -0.831. The Kier molecular flexibility index (Phi) is 6.47. The number of para-hydroxylation sites is 1. The fourth-order valence-corrected chi connectivity index (χ4v) is 2.19. The molecule has 0 saturated carbocycles. The van der Waals surface area contributed by atoms with Crippen LogP contribution in [0.25, 0.3) is 0 Å². The number of nitrogens with one attached hydrogen (secondary N) is 1. The van der Waals surface area contributed by atoms with Crippen LogP contribution < -0.4 is 10.1 Å². The first-order valence-electron chi connectivity index (χ1n) is 8.05. The van der Waals surface area contributed by atoms with Crippen LogP contribution in [0.3, 0.4) is 0 Å². The van der Waals surface area contributed by atoms with E-state index < -0.39 is 23.2 Å². The van der Waals surface area contributed by atoms with Gasteiger partial charge in [0.2, 0.25) is 0 Å². The highest BCUT2D eigenvalue weighted by molar-refractivity contribution is 6.04. The Bertz CT molecular complexity index is 727. The Balaban J connectivity index is 2.25. The summed E-state index contributed by atoms with van der Waals surface area (Å²) in [4.78, 5) is 12.4. The molecule has 4 nitrogen and oxygen atoms in total. The second-order valence-electron chi connectivity index (χ2n) is 5.67. The Morgan fingerprint density at radius 3 is 2.44 bits per heavy atom. The van der Waals surface area contributed by atoms with Gasteiger partial charge in [0.1, 0.15) is 23.1 Å². The molecule has 6 heteroatoms. The van der Waals surface area contributed by atoms with E-state index in [1.54, 1.807) is 12.1 Å². The minimum absolute atomic E-state index is 0.0134. The number of ether oxygens (including phenoxy) is 2. The summed E-state index contributed by atoms with van der Waals surface area (Å²) in [5, 5.41) is 2.27. The Morgan fingerprint density at radius 1 is 1.16 bits per heavy atom. The van der Waals surface area contributed by atoms with Crippen molar-refractivity contribution in [1.29, 1.82) is 0 Å². The zero-order valence-corrected chi connectivity index (χ0v) is 14.4. The van der Waals surface area contributed by atoms with Gasteiger partial charge in [-0.2, -0.15) is 0 Å². The van der Waals surface area contributed by atoms with Gasteiger partial charge in [0, 0.05) is 11.1 Å². The number of hydrogen-bond acceptors (Lipinski definition) is 3. The molecule has 25 heavy (non-hydrogen) atoms. The monoisotopic (exact) mass is 349 g/mol. The number of carbonyl (C=O) groups excluding carboxylic acids is 1. The third-order valence-electron chi connectivity index (χ3n) is 3.40. The van der Waals surface area contributed by atoms with E-state index in [9.17, 15) is 13.6 Å². The van der Waals surface area contributed by atoms with E-state index in [0.717, 1.165) is 12.1 Å². The molecule has 0 bridgehead atoms. The standard InChI is InChI=1S/C19H21F2NO3/c1-4-24-17-9-8-13(10-14(17)11-25-12(2)3)19(23)22-18-15(20)6-5-7-16(18)21/h5-10,12H,4,11H2,1-3H3,(H,22,23). The van der Waals surface area contributed by atoms with Crippen LogP contribution in [0.1, 0.15) is 36.7 Å². The molecule has 2 aromatic rings. The average Bonchev–Trinajstić information content (AvgIpc) is 2.57. The van der Waals surface area contributed by atoms with Crippen molar-refractivity contribution in [2.45, 2.75) is 33.5 Å². The van der Waals surface area contributed by atoms with E-state index in [4.69, 9.17) is 9.47 Å². The highest BCUT2D eigenvalue weighted by Gasteiger charge is 2.15. The zero-order valence-electron chi connectivity index (χ0n) is 14.4. The lowest BCUT2D eigenvalue weighted by atomic mass is 10.1. The molecule has 0 aromatic heterocycles. The molecule has 0 fully saturated rings. The Morgan fingerprint density at radius 2 is 1.84 bits per heavy atom. The lowest BCUT2D eigenvalue weighted by Gasteiger charge is -2.14. The molecule has 1 amide bonds. The van der Waals surface area contributed by atoms with Crippen LogP contribution in [0.2, 0.25) is 0 Å². The maximum atomic E-state index is 13.7. The van der Waals surface area contributed by atoms with Crippen LogP contribution in [0.15, 0.2) is 36.4 Å². The van der Waals surface area contributed by atoms with Gasteiger partial charge in [-0.25, -0.2) is 8.78 Å². The van der Waals surface area contributed by atoms with Crippen LogP contribution in [0.4, 0.5) is 14.5 Å². The van der Waals surface area contributed by atoms with Crippen molar-refractivity contribution in [2.75, 3.05) is 11.9 Å². The van der Waals surface area contributed by atoms with Gasteiger partial charge in [-0.3, -0.25) is 4.79 Å². The van der Waals surface area contributed by atoms with E-state index in [-0.39, 0.29) is 18.3 Å². The number of amides is 1. The van der Waals surface area contributed by atoms with E-state index >= 15 is 0 Å². The lowest BCUT2D eigenvalue weighted by Crippen LogP contribution is -2.15. The maximum Gasteiger partial charge on any atom is 0.255 e. The summed E-state index contributed by atoms with van der Waals surface area (Å²) in [7, 11) is 0. The second kappa shape index (κ2) is 8.58. The van der Waals surface area contributed by atoms with Gasteiger partial charge in [0.25, 0.3) is 5.91 Å². The van der Waals surface area contributed by atoms with Crippen LogP contribution in [-0.2, 0) is 11.3 Å². The average molecular weight is 349 g/mol. The summed E-state index contributed by atoms with van der Waals surface area (Å²) in [6.45, 7) is 6.40. The molecule has 2 aromatic carbocycles. The predicted molar refractivity (Wildman–Crippen MR) is 91.8 cm³/mol. The second-order valence-corrected chi connectivity index (χ2v) is 5.67. The SMILES string of the molecule is CCOc1ccc(C(=O)Nc2c(F)cccc2F)cc1COC(C)C. The van der Waals surface area contributed by atoms with E-state index in [2.05, 4.69) is 5.32 Å². The number of rotatable bonds is 7. The summed E-state index contributed by atoms with van der Waals surface area (Å²) in [5.74, 6) is -1.67. The van der Waals surface area contributed by atoms with Gasteiger partial charge in [0.05, 0.1) is 19.3 Å². The van der Waals surface area contributed by atoms with Crippen molar-refractivity contribution in [3.63, 3.8) is 0 Å². The number of benzene rings is 2. The van der Waals surface area contributed by atoms with Crippen LogP contribution in [0, 0.1) is 11.6 Å². The molecule has 1 N–H and O–H groups in total. The molecule has 0 aliphatic rings. The molecule has 0 atom stereocenters. The molecule has 0 aliphatic carbocycles. The number of carbonyl (C=O) groups is 1. The summed E-state index contributed by atoms with van der Waals surface area (Å²) in [6.07, 6.45) is 0.0134. The van der Waals surface area contributed by atoms with Crippen LogP contribution in [-0.4, -0.2) is 18.6 Å². The first-order chi connectivity index (χ1) is 11.9. The van der Waals surface area contributed by atoms with Crippen LogP contribution >= 0.6 is 0 Å². The smallest absolute Gasteiger partial charge is 0.255 e. The molecular formula is C19H21F2NO3. The summed E-state index contributed by atoms with van der Waals surface area (Å²) >= 11 is 0. The molecule has 0 spiro atoms. The third-order valence-corrected chi connectivity index (χ3v) is 3.40. The van der Waals surface area contributed by atoms with Gasteiger partial charge in [-0.15, -0.1) is 0 Å². The molecule has 0 aliphatic heterocycles. The largest absolute Gasteiger partial charge is 0.494 e. The third kappa shape index (κ3) is 5.00. The molecule has 0 radical (unpaired) electrons. The van der Waals surface area contributed by atoms with Crippen molar-refractivity contribution >= 4 is 11.6 Å². The molecule has 2 rings (SSSR count). The highest BCUT2D eigenvalue weighted by atomic mass is 19.1. The number of hydrogen-bond donors (Lipinski definition) is 1. The van der Waals surface area contributed by atoms with Gasteiger partial charge >= 0.3 is 0 Å². The lowest BCUT2D eigenvalue weighted by molar-refractivity contribution is 0.0641. The van der Waals surface area contributed by atoms with Crippen molar-refractivity contribution in [2.24, 2.45) is 0 Å². The van der Waals surface area contributed by atoms with Crippen molar-refractivity contribution < 1.29 is 23.0 Å². The van der Waals surface area contributed by atoms with Crippen molar-refractivity contribution in [1.82, 2.24) is 0 Å². The van der Waals surface area contributed by atoms with Gasteiger partial charge in [-0.05, 0) is 51.1 Å². The first-order valence-corrected chi connectivity index (χ1v) is 8.05. The number of halogens is 2. The maximum absolute atomic E-state index is 13.7. The molecule has 0 heterocycles. The number of anilines is 1. The fraction of sp³-hybridized carbons (Fsp3) is 0.316. The topological polar surface area (TPSA) is 47.6 Å². The van der Waals surface area contributed by atoms with Gasteiger partial charge in [0.15, 0.2) is 0 Å². The molecule has 0 unspecified atom stereocenters. The normalized spacial score (nSPS) is 10.8. The predicted octanol–water partition coefficient (Wildman–Crippen LogP) is 4.54. The summed E-state index contributed by atoms with van der Waals surface area (Å²) in [5.41, 5.74) is 0.479.